The van der Waals surface area contributed by atoms with Gasteiger partial charge in [-0.15, -0.1) is 0 Å². The highest BCUT2D eigenvalue weighted by Gasteiger charge is 2.57. The van der Waals surface area contributed by atoms with E-state index in [0.29, 0.717) is 13.0 Å². The van der Waals surface area contributed by atoms with Crippen LogP contribution in [0.1, 0.15) is 19.3 Å². The Balaban J connectivity index is 1.92. The average Bonchev–Trinajstić information content (AvgIpc) is 2.75. The first-order valence-corrected chi connectivity index (χ1v) is 5.00. The number of aliphatic imine (C=N–C) groups is 1. The number of amidine groups is 1. The molecule has 3 aliphatic rings. The molecule has 5 nitrogen and oxygen atoms in total. The number of carbonyl (C=O) groups excluding carboxylic acids is 1. The van der Waals surface area contributed by atoms with Crippen molar-refractivity contribution in [2.75, 3.05) is 13.1 Å². The van der Waals surface area contributed by atoms with E-state index in [9.17, 15) is 4.79 Å². The van der Waals surface area contributed by atoms with Crippen LogP contribution in [0.15, 0.2) is 4.99 Å². The van der Waals surface area contributed by atoms with Gasteiger partial charge in [-0.2, -0.15) is 0 Å². The van der Waals surface area contributed by atoms with Crippen LogP contribution in [0.4, 0.5) is 0 Å². The Bertz CT molecular complexity index is 328. The number of nitrogens with two attached hydrogens (primary N) is 1. The van der Waals surface area contributed by atoms with Gasteiger partial charge in [-0.25, -0.2) is 4.99 Å². The SMILES string of the molecule is NC1=NCC2(CC(=O)N3CCCC32)O1. The maximum atomic E-state index is 11.7. The monoisotopic (exact) mass is 195 g/mol. The lowest BCUT2D eigenvalue weighted by molar-refractivity contribution is -0.127. The van der Waals surface area contributed by atoms with Gasteiger partial charge in [-0.1, -0.05) is 0 Å². The van der Waals surface area contributed by atoms with Crippen molar-refractivity contribution < 1.29 is 9.53 Å². The number of hydrogen-bond acceptors (Lipinski definition) is 4. The van der Waals surface area contributed by atoms with Crippen LogP contribution in [0.5, 0.6) is 0 Å². The Hall–Kier alpha value is -1.26. The number of rotatable bonds is 0. The topological polar surface area (TPSA) is 67.9 Å². The van der Waals surface area contributed by atoms with Gasteiger partial charge in [0, 0.05) is 6.54 Å². The molecule has 0 radical (unpaired) electrons. The Morgan fingerprint density at radius 2 is 2.50 bits per heavy atom. The van der Waals surface area contributed by atoms with Crippen LogP contribution in [0.2, 0.25) is 0 Å². The quantitative estimate of drug-likeness (QED) is 0.564. The van der Waals surface area contributed by atoms with Crippen LogP contribution in [-0.4, -0.2) is 41.6 Å². The predicted octanol–water partition coefficient (Wildman–Crippen LogP) is -0.535. The number of hydrogen-bond donors (Lipinski definition) is 1. The highest BCUT2D eigenvalue weighted by Crippen LogP contribution is 2.41. The number of ether oxygens (including phenoxy) is 1. The average molecular weight is 195 g/mol. The predicted molar refractivity (Wildman–Crippen MR) is 49.7 cm³/mol. The Morgan fingerprint density at radius 1 is 1.64 bits per heavy atom. The van der Waals surface area contributed by atoms with Gasteiger partial charge in [0.1, 0.15) is 0 Å². The molecule has 2 unspecified atom stereocenters. The summed E-state index contributed by atoms with van der Waals surface area (Å²) in [4.78, 5) is 17.7. The number of fused-ring (bicyclic) bond motifs is 2. The fourth-order valence-electron chi connectivity index (χ4n) is 2.84. The normalized spacial score (nSPS) is 40.3. The molecule has 5 heteroatoms. The second-order valence-electron chi connectivity index (χ2n) is 4.24. The van der Waals surface area contributed by atoms with Gasteiger partial charge in [0.15, 0.2) is 5.60 Å². The molecule has 2 atom stereocenters. The highest BCUT2D eigenvalue weighted by molar-refractivity contribution is 5.84. The van der Waals surface area contributed by atoms with Crippen molar-refractivity contribution in [3.05, 3.63) is 0 Å². The maximum absolute atomic E-state index is 11.7. The second-order valence-corrected chi connectivity index (χ2v) is 4.24. The third kappa shape index (κ3) is 0.844. The summed E-state index contributed by atoms with van der Waals surface area (Å²) in [6.07, 6.45) is 2.54. The zero-order valence-corrected chi connectivity index (χ0v) is 7.90. The highest BCUT2D eigenvalue weighted by atomic mass is 16.5. The molecule has 2 N–H and O–H groups in total. The standard InChI is InChI=1S/C9H13N3O2/c10-8-11-5-9(14-8)4-7(13)12-3-1-2-6(9)12/h6H,1-5H2,(H2,10,11). The van der Waals surface area contributed by atoms with Crippen LogP contribution >= 0.6 is 0 Å². The van der Waals surface area contributed by atoms with Crippen LogP contribution in [0, 0.1) is 0 Å². The van der Waals surface area contributed by atoms with Crippen LogP contribution in [0.25, 0.3) is 0 Å². The molecule has 14 heavy (non-hydrogen) atoms. The van der Waals surface area contributed by atoms with Crippen LogP contribution < -0.4 is 5.73 Å². The van der Waals surface area contributed by atoms with Crippen molar-refractivity contribution in [1.82, 2.24) is 4.90 Å². The molecule has 0 aromatic heterocycles. The number of amides is 1. The van der Waals surface area contributed by atoms with Crippen molar-refractivity contribution in [2.45, 2.75) is 30.9 Å². The van der Waals surface area contributed by atoms with Crippen molar-refractivity contribution in [3.8, 4) is 0 Å². The number of carbonyl (C=O) groups is 1. The summed E-state index contributed by atoms with van der Waals surface area (Å²) in [6, 6.07) is 0.450. The first kappa shape index (κ1) is 8.08. The zero-order chi connectivity index (χ0) is 9.76. The van der Waals surface area contributed by atoms with Gasteiger partial charge in [-0.05, 0) is 12.8 Å². The first-order valence-electron chi connectivity index (χ1n) is 5.00. The van der Waals surface area contributed by atoms with E-state index >= 15 is 0 Å². The third-order valence-corrected chi connectivity index (χ3v) is 3.44. The molecule has 2 fully saturated rings. The van der Waals surface area contributed by atoms with Gasteiger partial charge in [-0.3, -0.25) is 4.79 Å². The zero-order valence-electron chi connectivity index (χ0n) is 7.90. The molecule has 2 saturated heterocycles. The lowest BCUT2D eigenvalue weighted by atomic mass is 9.93. The molecule has 0 aromatic rings. The van der Waals surface area contributed by atoms with Gasteiger partial charge in [0.05, 0.1) is 19.0 Å². The minimum atomic E-state index is -0.419. The van der Waals surface area contributed by atoms with E-state index in [-0.39, 0.29) is 18.0 Å². The van der Waals surface area contributed by atoms with Crippen LogP contribution in [-0.2, 0) is 9.53 Å². The molecule has 1 spiro atoms. The van der Waals surface area contributed by atoms with Gasteiger partial charge in [0.2, 0.25) is 5.91 Å². The van der Waals surface area contributed by atoms with E-state index in [4.69, 9.17) is 10.5 Å². The smallest absolute Gasteiger partial charge is 0.282 e. The van der Waals surface area contributed by atoms with E-state index in [2.05, 4.69) is 4.99 Å². The maximum Gasteiger partial charge on any atom is 0.282 e. The molecule has 3 heterocycles. The molecule has 76 valence electrons. The molecule has 0 aromatic carbocycles. The van der Waals surface area contributed by atoms with Crippen molar-refractivity contribution in [2.24, 2.45) is 10.7 Å². The molecular formula is C9H13N3O2. The van der Waals surface area contributed by atoms with E-state index < -0.39 is 5.60 Å². The second kappa shape index (κ2) is 2.40. The van der Waals surface area contributed by atoms with Gasteiger partial charge >= 0.3 is 0 Å². The largest absolute Gasteiger partial charge is 0.454 e. The van der Waals surface area contributed by atoms with Crippen molar-refractivity contribution in [1.29, 1.82) is 0 Å². The van der Waals surface area contributed by atoms with E-state index in [1.165, 1.54) is 0 Å². The summed E-state index contributed by atoms with van der Waals surface area (Å²) < 4.78 is 5.56. The minimum Gasteiger partial charge on any atom is -0.454 e. The van der Waals surface area contributed by atoms with Gasteiger partial charge in [0.25, 0.3) is 6.02 Å². The van der Waals surface area contributed by atoms with Gasteiger partial charge < -0.3 is 15.4 Å². The van der Waals surface area contributed by atoms with E-state index in [0.717, 1.165) is 19.4 Å². The van der Waals surface area contributed by atoms with Crippen molar-refractivity contribution in [3.63, 3.8) is 0 Å². The molecule has 3 aliphatic heterocycles. The number of nitrogens with zero attached hydrogens (tertiary/aromatic N) is 2. The lowest BCUT2D eigenvalue weighted by Crippen LogP contribution is -2.45. The summed E-state index contributed by atoms with van der Waals surface area (Å²) >= 11 is 0. The van der Waals surface area contributed by atoms with E-state index in [1.54, 1.807) is 0 Å². The summed E-state index contributed by atoms with van der Waals surface area (Å²) in [5.41, 5.74) is 5.10. The third-order valence-electron chi connectivity index (χ3n) is 3.44. The molecule has 0 bridgehead atoms. The lowest BCUT2D eigenvalue weighted by Gasteiger charge is -2.28. The Morgan fingerprint density at radius 3 is 3.21 bits per heavy atom. The van der Waals surface area contributed by atoms with Crippen molar-refractivity contribution >= 4 is 11.9 Å². The molecule has 0 aliphatic carbocycles. The Labute approximate surface area is 81.9 Å². The molecule has 1 amide bonds. The molecule has 3 rings (SSSR count). The summed E-state index contributed by atoms with van der Waals surface area (Å²) in [6.45, 7) is 1.42. The summed E-state index contributed by atoms with van der Waals surface area (Å²) in [7, 11) is 0. The summed E-state index contributed by atoms with van der Waals surface area (Å²) in [5, 5.41) is 0. The molecule has 0 saturated carbocycles. The minimum absolute atomic E-state index is 0.192. The first-order chi connectivity index (χ1) is 6.71. The Kier molecular flexibility index (Phi) is 1.39. The molecular weight excluding hydrogens is 182 g/mol. The fraction of sp³-hybridized carbons (Fsp3) is 0.778. The van der Waals surface area contributed by atoms with Crippen LogP contribution in [0.3, 0.4) is 0 Å². The fourth-order valence-corrected chi connectivity index (χ4v) is 2.84. The van der Waals surface area contributed by atoms with E-state index in [1.807, 2.05) is 4.90 Å². The summed E-state index contributed by atoms with van der Waals surface area (Å²) in [5.74, 6) is 0.192.